The number of rotatable bonds is 4. The van der Waals surface area contributed by atoms with Crippen molar-refractivity contribution in [2.24, 2.45) is 0 Å². The number of phenols is 1. The Kier molecular flexibility index (Phi) is 5.05. The molecular weight excluding hydrogens is 288 g/mol. The summed E-state index contributed by atoms with van der Waals surface area (Å²) in [7, 11) is 0. The van der Waals surface area contributed by atoms with Gasteiger partial charge in [-0.1, -0.05) is 59.8 Å². The van der Waals surface area contributed by atoms with E-state index in [9.17, 15) is 15.0 Å². The highest BCUT2D eigenvalue weighted by Crippen LogP contribution is 2.45. The lowest BCUT2D eigenvalue weighted by atomic mass is 9.70. The van der Waals surface area contributed by atoms with Crippen molar-refractivity contribution < 1.29 is 15.0 Å². The molecule has 0 amide bonds. The number of aliphatic carboxylic acids is 1. The number of hydrogen-bond acceptors (Lipinski definition) is 2. The number of carbonyl (C=O) groups is 1. The van der Waals surface area contributed by atoms with Gasteiger partial charge < -0.3 is 10.2 Å². The number of phenolic OH excluding ortho intramolecular Hbond substituents is 1. The van der Waals surface area contributed by atoms with Gasteiger partial charge in [-0.05, 0) is 29.7 Å². The molecule has 3 heteroatoms. The fourth-order valence-corrected chi connectivity index (χ4v) is 3.02. The van der Waals surface area contributed by atoms with Crippen LogP contribution in [0.15, 0.2) is 24.8 Å². The Morgan fingerprint density at radius 2 is 1.52 bits per heavy atom. The molecule has 2 N–H and O–H groups in total. The molecule has 0 fully saturated rings. The summed E-state index contributed by atoms with van der Waals surface area (Å²) >= 11 is 0. The monoisotopic (exact) mass is 318 g/mol. The smallest absolute Gasteiger partial charge is 0.314 e. The number of allylic oxidation sites excluding steroid dienone is 1. The molecule has 0 bridgehead atoms. The minimum absolute atomic E-state index is 0.0941. The van der Waals surface area contributed by atoms with Crippen LogP contribution in [0, 0.1) is 0 Å². The first-order valence-electron chi connectivity index (χ1n) is 7.98. The number of hydrogen-bond donors (Lipinski definition) is 2. The van der Waals surface area contributed by atoms with Crippen molar-refractivity contribution in [1.29, 1.82) is 0 Å². The molecule has 128 valence electrons. The topological polar surface area (TPSA) is 57.5 Å². The first-order valence-corrected chi connectivity index (χ1v) is 7.98. The Morgan fingerprint density at radius 1 is 1.04 bits per heavy atom. The highest BCUT2D eigenvalue weighted by molar-refractivity contribution is 5.82. The van der Waals surface area contributed by atoms with Crippen LogP contribution in [0.25, 0.3) is 0 Å². The first kappa shape index (κ1) is 19.3. The number of aromatic hydroxyl groups is 1. The van der Waals surface area contributed by atoms with Gasteiger partial charge in [0.25, 0.3) is 0 Å². The third-order valence-electron chi connectivity index (χ3n) is 4.36. The summed E-state index contributed by atoms with van der Waals surface area (Å²) in [6.07, 6.45) is 1.84. The van der Waals surface area contributed by atoms with E-state index in [0.29, 0.717) is 5.56 Å². The lowest BCUT2D eigenvalue weighted by Crippen LogP contribution is -2.33. The predicted octanol–water partition coefficient (Wildman–Crippen LogP) is 4.91. The maximum Gasteiger partial charge on any atom is 0.314 e. The summed E-state index contributed by atoms with van der Waals surface area (Å²) < 4.78 is 0. The molecule has 0 aliphatic carbocycles. The Hall–Kier alpha value is -1.77. The van der Waals surface area contributed by atoms with E-state index in [1.54, 1.807) is 19.1 Å². The SMILES string of the molecule is C=CCC(C)(C(=O)O)c1ccc(C(C)(C)C)c(C(C)(C)C)c1O. The maximum absolute atomic E-state index is 11.8. The predicted molar refractivity (Wildman–Crippen MR) is 95.3 cm³/mol. The fourth-order valence-electron chi connectivity index (χ4n) is 3.02. The molecule has 0 aliphatic rings. The molecule has 1 aromatic rings. The summed E-state index contributed by atoms with van der Waals surface area (Å²) in [6.45, 7) is 17.7. The molecule has 1 atom stereocenters. The molecule has 0 saturated carbocycles. The van der Waals surface area contributed by atoms with Crippen LogP contribution in [0.4, 0.5) is 0 Å². The highest BCUT2D eigenvalue weighted by atomic mass is 16.4. The van der Waals surface area contributed by atoms with Gasteiger partial charge in [0.1, 0.15) is 5.75 Å². The van der Waals surface area contributed by atoms with Crippen molar-refractivity contribution in [1.82, 2.24) is 0 Å². The molecular formula is C20H30O3. The minimum atomic E-state index is -1.19. The second-order valence-corrected chi connectivity index (χ2v) is 8.51. The largest absolute Gasteiger partial charge is 0.507 e. The van der Waals surface area contributed by atoms with E-state index in [1.807, 2.05) is 26.8 Å². The quantitative estimate of drug-likeness (QED) is 0.776. The van der Waals surface area contributed by atoms with Gasteiger partial charge in [-0.3, -0.25) is 4.79 Å². The molecule has 3 nitrogen and oxygen atoms in total. The van der Waals surface area contributed by atoms with E-state index >= 15 is 0 Å². The van der Waals surface area contributed by atoms with Crippen LogP contribution in [0.1, 0.15) is 71.6 Å². The van der Waals surface area contributed by atoms with Crippen molar-refractivity contribution in [3.63, 3.8) is 0 Å². The molecule has 0 heterocycles. The van der Waals surface area contributed by atoms with E-state index in [0.717, 1.165) is 11.1 Å². The van der Waals surface area contributed by atoms with Crippen molar-refractivity contribution in [2.75, 3.05) is 0 Å². The summed E-state index contributed by atoms with van der Waals surface area (Å²) in [6, 6.07) is 3.71. The van der Waals surface area contributed by atoms with Crippen molar-refractivity contribution in [3.8, 4) is 5.75 Å². The summed E-state index contributed by atoms with van der Waals surface area (Å²) in [4.78, 5) is 11.8. The standard InChI is InChI=1S/C20H30O3/c1-9-12-20(8,17(22)23)14-11-10-13(18(2,3)4)15(16(14)21)19(5,6)7/h9-11,21H,1,12H2,2-8H3,(H,22,23). The zero-order valence-corrected chi connectivity index (χ0v) is 15.4. The van der Waals surface area contributed by atoms with Crippen LogP contribution in [0.3, 0.4) is 0 Å². The van der Waals surface area contributed by atoms with Gasteiger partial charge in [-0.25, -0.2) is 0 Å². The van der Waals surface area contributed by atoms with Gasteiger partial charge in [0, 0.05) is 11.1 Å². The van der Waals surface area contributed by atoms with Crippen molar-refractivity contribution >= 4 is 5.97 Å². The molecule has 1 aromatic carbocycles. The Bertz CT molecular complexity index is 615. The summed E-state index contributed by atoms with van der Waals surface area (Å²) in [5, 5.41) is 20.7. The van der Waals surface area contributed by atoms with Crippen LogP contribution in [0.2, 0.25) is 0 Å². The van der Waals surface area contributed by atoms with Gasteiger partial charge >= 0.3 is 5.97 Å². The minimum Gasteiger partial charge on any atom is -0.507 e. The molecule has 0 radical (unpaired) electrons. The van der Waals surface area contributed by atoms with Gasteiger partial charge in [0.15, 0.2) is 0 Å². The average Bonchev–Trinajstić information content (AvgIpc) is 2.35. The lowest BCUT2D eigenvalue weighted by Gasteiger charge is -2.34. The normalized spacial score (nSPS) is 15.1. The van der Waals surface area contributed by atoms with E-state index in [2.05, 4.69) is 27.4 Å². The zero-order valence-electron chi connectivity index (χ0n) is 15.4. The van der Waals surface area contributed by atoms with Crippen molar-refractivity contribution in [3.05, 3.63) is 41.5 Å². The molecule has 1 rings (SSSR count). The molecule has 0 saturated heterocycles. The van der Waals surface area contributed by atoms with Gasteiger partial charge in [-0.15, -0.1) is 6.58 Å². The van der Waals surface area contributed by atoms with E-state index in [4.69, 9.17) is 0 Å². The third-order valence-corrected chi connectivity index (χ3v) is 4.36. The molecule has 0 aromatic heterocycles. The summed E-state index contributed by atoms with van der Waals surface area (Å²) in [5.74, 6) is -0.868. The molecule has 23 heavy (non-hydrogen) atoms. The fraction of sp³-hybridized carbons (Fsp3) is 0.550. The van der Waals surface area contributed by atoms with E-state index in [1.165, 1.54) is 0 Å². The molecule has 1 unspecified atom stereocenters. The van der Waals surface area contributed by atoms with Crippen LogP contribution in [-0.2, 0) is 21.0 Å². The Morgan fingerprint density at radius 3 is 1.87 bits per heavy atom. The zero-order chi connectivity index (χ0) is 18.2. The van der Waals surface area contributed by atoms with E-state index < -0.39 is 11.4 Å². The number of carboxylic acids is 1. The summed E-state index contributed by atoms with van der Waals surface area (Å²) in [5.41, 5.74) is 0.675. The number of benzene rings is 1. The van der Waals surface area contributed by atoms with E-state index in [-0.39, 0.29) is 23.0 Å². The highest BCUT2D eigenvalue weighted by Gasteiger charge is 2.39. The van der Waals surface area contributed by atoms with Crippen LogP contribution >= 0.6 is 0 Å². The third kappa shape index (κ3) is 3.60. The second-order valence-electron chi connectivity index (χ2n) is 8.51. The van der Waals surface area contributed by atoms with Crippen molar-refractivity contribution in [2.45, 2.75) is 71.1 Å². The van der Waals surface area contributed by atoms with Crippen LogP contribution < -0.4 is 0 Å². The average molecular weight is 318 g/mol. The molecule has 0 aliphatic heterocycles. The Labute approximate surface area is 140 Å². The lowest BCUT2D eigenvalue weighted by molar-refractivity contribution is -0.143. The maximum atomic E-state index is 11.8. The molecule has 0 spiro atoms. The van der Waals surface area contributed by atoms with Gasteiger partial charge in [0.05, 0.1) is 5.41 Å². The number of carboxylic acid groups (broad SMARTS) is 1. The van der Waals surface area contributed by atoms with Crippen LogP contribution in [-0.4, -0.2) is 16.2 Å². The van der Waals surface area contributed by atoms with Crippen LogP contribution in [0.5, 0.6) is 5.75 Å². The van der Waals surface area contributed by atoms with Gasteiger partial charge in [-0.2, -0.15) is 0 Å². The van der Waals surface area contributed by atoms with Gasteiger partial charge in [0.2, 0.25) is 0 Å². The Balaban J connectivity index is 3.81. The second kappa shape index (κ2) is 6.03. The first-order chi connectivity index (χ1) is 10.3.